The first-order valence-electron chi connectivity index (χ1n) is 9.83. The Hall–Kier alpha value is -1.55. The van der Waals surface area contributed by atoms with Crippen LogP contribution in [0.5, 0.6) is 0 Å². The van der Waals surface area contributed by atoms with E-state index in [9.17, 15) is 0 Å². The standard InChI is InChI=1S/C22H25Cl2N3/c23-19-10-17(16-6-7-21-22(12-16)27-14-26-21)11-20(24)18(19)13-25-9-8-15-4-2-1-3-5-15/h6-7,10-12,14-15,25H,1-5,8-9,13H2,(H,26,27). The molecule has 2 aromatic carbocycles. The van der Waals surface area contributed by atoms with Crippen LogP contribution in [0.3, 0.4) is 0 Å². The normalized spacial score (nSPS) is 15.5. The van der Waals surface area contributed by atoms with Crippen LogP contribution in [0.4, 0.5) is 0 Å². The number of aromatic amines is 1. The Labute approximate surface area is 170 Å². The summed E-state index contributed by atoms with van der Waals surface area (Å²) in [5.41, 5.74) is 5.04. The van der Waals surface area contributed by atoms with Gasteiger partial charge in [-0.1, -0.05) is 61.4 Å². The molecular weight excluding hydrogens is 377 g/mol. The zero-order chi connectivity index (χ0) is 18.6. The zero-order valence-electron chi connectivity index (χ0n) is 15.4. The summed E-state index contributed by atoms with van der Waals surface area (Å²) < 4.78 is 0. The van der Waals surface area contributed by atoms with Gasteiger partial charge in [0.1, 0.15) is 0 Å². The Morgan fingerprint density at radius 2 is 1.78 bits per heavy atom. The Morgan fingerprint density at radius 3 is 2.56 bits per heavy atom. The molecule has 0 spiro atoms. The minimum absolute atomic E-state index is 0.713. The molecule has 1 heterocycles. The van der Waals surface area contributed by atoms with E-state index in [2.05, 4.69) is 21.4 Å². The number of hydrogen-bond donors (Lipinski definition) is 2. The van der Waals surface area contributed by atoms with Gasteiger partial charge in [0.05, 0.1) is 17.4 Å². The van der Waals surface area contributed by atoms with Gasteiger partial charge in [-0.25, -0.2) is 4.98 Å². The summed E-state index contributed by atoms with van der Waals surface area (Å²) in [4.78, 5) is 7.41. The molecule has 0 atom stereocenters. The molecule has 3 aromatic rings. The third kappa shape index (κ3) is 4.48. The highest BCUT2D eigenvalue weighted by molar-refractivity contribution is 6.36. The topological polar surface area (TPSA) is 40.7 Å². The SMILES string of the molecule is Clc1cc(-c2ccc3nc[nH]c3c2)cc(Cl)c1CNCCC1CCCCC1. The van der Waals surface area contributed by atoms with E-state index in [4.69, 9.17) is 23.2 Å². The third-order valence-corrected chi connectivity index (χ3v) is 6.32. The van der Waals surface area contributed by atoms with Gasteiger partial charge in [-0.05, 0) is 54.3 Å². The van der Waals surface area contributed by atoms with Crippen molar-refractivity contribution in [3.8, 4) is 11.1 Å². The minimum Gasteiger partial charge on any atom is -0.345 e. The molecule has 5 heteroatoms. The van der Waals surface area contributed by atoms with Crippen LogP contribution in [0.2, 0.25) is 10.0 Å². The van der Waals surface area contributed by atoms with Crippen LogP contribution < -0.4 is 5.32 Å². The maximum absolute atomic E-state index is 6.56. The first-order chi connectivity index (χ1) is 13.2. The molecule has 0 bridgehead atoms. The number of hydrogen-bond acceptors (Lipinski definition) is 2. The van der Waals surface area contributed by atoms with Crippen molar-refractivity contribution in [1.29, 1.82) is 0 Å². The molecule has 0 unspecified atom stereocenters. The summed E-state index contributed by atoms with van der Waals surface area (Å²) in [6.45, 7) is 1.74. The maximum atomic E-state index is 6.56. The van der Waals surface area contributed by atoms with E-state index in [0.29, 0.717) is 16.6 Å². The van der Waals surface area contributed by atoms with Gasteiger partial charge in [0, 0.05) is 22.2 Å². The average molecular weight is 402 g/mol. The smallest absolute Gasteiger partial charge is 0.0931 e. The maximum Gasteiger partial charge on any atom is 0.0931 e. The van der Waals surface area contributed by atoms with E-state index >= 15 is 0 Å². The molecule has 142 valence electrons. The lowest BCUT2D eigenvalue weighted by Gasteiger charge is -2.21. The molecule has 1 fully saturated rings. The fraction of sp³-hybridized carbons (Fsp3) is 0.409. The highest BCUT2D eigenvalue weighted by atomic mass is 35.5. The van der Waals surface area contributed by atoms with Gasteiger partial charge >= 0.3 is 0 Å². The molecule has 2 N–H and O–H groups in total. The van der Waals surface area contributed by atoms with Crippen LogP contribution in [0.25, 0.3) is 22.2 Å². The van der Waals surface area contributed by atoms with E-state index in [0.717, 1.165) is 40.2 Å². The molecule has 0 aliphatic heterocycles. The predicted octanol–water partition coefficient (Wildman–Crippen LogP) is 6.60. The van der Waals surface area contributed by atoms with Gasteiger partial charge in [-0.2, -0.15) is 0 Å². The molecular formula is C22H25Cl2N3. The van der Waals surface area contributed by atoms with E-state index < -0.39 is 0 Å². The van der Waals surface area contributed by atoms with Crippen LogP contribution >= 0.6 is 23.2 Å². The highest BCUT2D eigenvalue weighted by Gasteiger charge is 2.14. The third-order valence-electron chi connectivity index (χ3n) is 5.65. The molecule has 3 nitrogen and oxygen atoms in total. The number of aromatic nitrogens is 2. The van der Waals surface area contributed by atoms with Gasteiger partial charge in [-0.15, -0.1) is 0 Å². The van der Waals surface area contributed by atoms with E-state index in [1.54, 1.807) is 6.33 Å². The summed E-state index contributed by atoms with van der Waals surface area (Å²) >= 11 is 13.1. The Balaban J connectivity index is 1.42. The number of nitrogens with zero attached hydrogens (tertiary/aromatic N) is 1. The second-order valence-electron chi connectivity index (χ2n) is 7.52. The van der Waals surface area contributed by atoms with Crippen molar-refractivity contribution in [2.45, 2.75) is 45.1 Å². The van der Waals surface area contributed by atoms with Crippen molar-refractivity contribution in [2.75, 3.05) is 6.54 Å². The van der Waals surface area contributed by atoms with Crippen molar-refractivity contribution < 1.29 is 0 Å². The number of fused-ring (bicyclic) bond motifs is 1. The van der Waals surface area contributed by atoms with Gasteiger partial charge in [-0.3, -0.25) is 0 Å². The second kappa shape index (κ2) is 8.64. The molecule has 0 saturated heterocycles. The summed E-state index contributed by atoms with van der Waals surface area (Å²) in [5.74, 6) is 0.886. The number of halogens is 2. The molecule has 1 aromatic heterocycles. The summed E-state index contributed by atoms with van der Waals surface area (Å²) in [5, 5.41) is 4.96. The molecule has 0 amide bonds. The van der Waals surface area contributed by atoms with Gasteiger partial charge in [0.25, 0.3) is 0 Å². The van der Waals surface area contributed by atoms with E-state index in [-0.39, 0.29) is 0 Å². The second-order valence-corrected chi connectivity index (χ2v) is 8.34. The first-order valence-corrected chi connectivity index (χ1v) is 10.6. The lowest BCUT2D eigenvalue weighted by Crippen LogP contribution is -2.19. The van der Waals surface area contributed by atoms with Crippen molar-refractivity contribution in [1.82, 2.24) is 15.3 Å². The van der Waals surface area contributed by atoms with Crippen molar-refractivity contribution in [3.05, 3.63) is 52.3 Å². The zero-order valence-corrected chi connectivity index (χ0v) is 16.9. The molecule has 1 aliphatic carbocycles. The lowest BCUT2D eigenvalue weighted by molar-refractivity contribution is 0.334. The molecule has 1 saturated carbocycles. The van der Waals surface area contributed by atoms with Crippen molar-refractivity contribution >= 4 is 34.2 Å². The molecule has 0 radical (unpaired) electrons. The minimum atomic E-state index is 0.713. The van der Waals surface area contributed by atoms with Crippen molar-refractivity contribution in [3.63, 3.8) is 0 Å². The lowest BCUT2D eigenvalue weighted by atomic mass is 9.87. The highest BCUT2D eigenvalue weighted by Crippen LogP contribution is 2.33. The Morgan fingerprint density at radius 1 is 1.00 bits per heavy atom. The molecule has 27 heavy (non-hydrogen) atoms. The predicted molar refractivity (Wildman–Crippen MR) is 114 cm³/mol. The van der Waals surface area contributed by atoms with Crippen LogP contribution in [0, 0.1) is 5.92 Å². The summed E-state index contributed by atoms with van der Waals surface area (Å²) in [7, 11) is 0. The largest absolute Gasteiger partial charge is 0.345 e. The number of H-pyrrole nitrogens is 1. The monoisotopic (exact) mass is 401 g/mol. The number of nitrogens with one attached hydrogen (secondary N) is 2. The van der Waals surface area contributed by atoms with Crippen LogP contribution in [0.1, 0.15) is 44.1 Å². The van der Waals surface area contributed by atoms with Crippen LogP contribution in [-0.4, -0.2) is 16.5 Å². The van der Waals surface area contributed by atoms with Gasteiger partial charge < -0.3 is 10.3 Å². The summed E-state index contributed by atoms with van der Waals surface area (Å²) in [6.07, 6.45) is 9.93. The molecule has 1 aliphatic rings. The molecule has 4 rings (SSSR count). The van der Waals surface area contributed by atoms with Crippen molar-refractivity contribution in [2.24, 2.45) is 5.92 Å². The quantitative estimate of drug-likeness (QED) is 0.456. The van der Waals surface area contributed by atoms with Crippen LogP contribution in [0.15, 0.2) is 36.7 Å². The number of benzene rings is 2. The first kappa shape index (κ1) is 18.8. The summed E-state index contributed by atoms with van der Waals surface area (Å²) in [6, 6.07) is 10.1. The fourth-order valence-electron chi connectivity index (χ4n) is 4.05. The number of rotatable bonds is 6. The van der Waals surface area contributed by atoms with E-state index in [1.165, 1.54) is 38.5 Å². The fourth-order valence-corrected chi connectivity index (χ4v) is 4.67. The van der Waals surface area contributed by atoms with Gasteiger partial charge in [0.2, 0.25) is 0 Å². The average Bonchev–Trinajstić information content (AvgIpc) is 3.15. The number of imidazole rings is 1. The Kier molecular flexibility index (Phi) is 6.01. The van der Waals surface area contributed by atoms with E-state index in [1.807, 2.05) is 24.3 Å². The van der Waals surface area contributed by atoms with Gasteiger partial charge in [0.15, 0.2) is 0 Å². The Bertz CT molecular complexity index is 890. The van der Waals surface area contributed by atoms with Crippen LogP contribution in [-0.2, 0) is 6.54 Å².